The van der Waals surface area contributed by atoms with E-state index < -0.39 is 0 Å². The summed E-state index contributed by atoms with van der Waals surface area (Å²) in [7, 11) is 0. The molecule has 1 aliphatic rings. The molecule has 166 valence electrons. The predicted octanol–water partition coefficient (Wildman–Crippen LogP) is 3.63. The first-order chi connectivity index (χ1) is 15.5. The lowest BCUT2D eigenvalue weighted by Gasteiger charge is -2.32. The minimum absolute atomic E-state index is 0.00180. The number of amides is 1. The third kappa shape index (κ3) is 4.96. The van der Waals surface area contributed by atoms with E-state index in [0.717, 1.165) is 11.4 Å². The van der Waals surface area contributed by atoms with Gasteiger partial charge >= 0.3 is 0 Å². The van der Waals surface area contributed by atoms with E-state index in [9.17, 15) is 14.0 Å². The molecule has 32 heavy (non-hydrogen) atoms. The molecular formula is C24H25FN4O3. The standard InChI is InChI=1S/C24H25FN4O3/c1-2-32-21-9-5-19(6-10-21)26-24(31)17-13-15-28(16-14-17)22-11-12-23(30)29(27-22)20-7-3-18(25)4-8-20/h3-12,17H,2,13-16H2,1H3,(H,26,31). The van der Waals surface area contributed by atoms with E-state index in [-0.39, 0.29) is 23.2 Å². The molecule has 2 aromatic carbocycles. The van der Waals surface area contributed by atoms with E-state index in [0.29, 0.717) is 44.0 Å². The molecule has 0 unspecified atom stereocenters. The average Bonchev–Trinajstić information content (AvgIpc) is 2.82. The van der Waals surface area contributed by atoms with Crippen LogP contribution < -0.4 is 20.5 Å². The molecule has 7 nitrogen and oxygen atoms in total. The average molecular weight is 436 g/mol. The van der Waals surface area contributed by atoms with Crippen LogP contribution >= 0.6 is 0 Å². The fourth-order valence-electron chi connectivity index (χ4n) is 3.75. The summed E-state index contributed by atoms with van der Waals surface area (Å²) in [5, 5.41) is 7.43. The molecule has 1 saturated heterocycles. The van der Waals surface area contributed by atoms with Crippen molar-refractivity contribution in [2.75, 3.05) is 29.9 Å². The maximum absolute atomic E-state index is 13.2. The third-order valence-corrected chi connectivity index (χ3v) is 5.48. The Balaban J connectivity index is 1.38. The molecule has 0 atom stereocenters. The number of piperidine rings is 1. The smallest absolute Gasteiger partial charge is 0.271 e. The number of halogens is 1. The Labute approximate surface area is 185 Å². The topological polar surface area (TPSA) is 76.5 Å². The summed E-state index contributed by atoms with van der Waals surface area (Å²) in [6.45, 7) is 3.82. The summed E-state index contributed by atoms with van der Waals surface area (Å²) in [5.41, 5.74) is 0.960. The van der Waals surface area contributed by atoms with Crippen LogP contribution in [0.1, 0.15) is 19.8 Å². The van der Waals surface area contributed by atoms with Crippen LogP contribution in [0.25, 0.3) is 5.69 Å². The Morgan fingerprint density at radius 1 is 1.06 bits per heavy atom. The summed E-state index contributed by atoms with van der Waals surface area (Å²) < 4.78 is 19.9. The van der Waals surface area contributed by atoms with Gasteiger partial charge < -0.3 is 15.0 Å². The van der Waals surface area contributed by atoms with Crippen molar-refractivity contribution in [1.29, 1.82) is 0 Å². The molecule has 3 aromatic rings. The second-order valence-electron chi connectivity index (χ2n) is 7.63. The maximum Gasteiger partial charge on any atom is 0.271 e. The summed E-state index contributed by atoms with van der Waals surface area (Å²) in [6.07, 6.45) is 1.36. The number of hydrogen-bond acceptors (Lipinski definition) is 5. The molecule has 1 N–H and O–H groups in total. The van der Waals surface area contributed by atoms with E-state index >= 15 is 0 Å². The van der Waals surface area contributed by atoms with Gasteiger partial charge in [0.2, 0.25) is 5.91 Å². The molecule has 1 amide bonds. The molecule has 0 saturated carbocycles. The fraction of sp³-hybridized carbons (Fsp3) is 0.292. The van der Waals surface area contributed by atoms with Gasteiger partial charge in [-0.3, -0.25) is 9.59 Å². The zero-order valence-corrected chi connectivity index (χ0v) is 17.8. The number of hydrogen-bond donors (Lipinski definition) is 1. The number of benzene rings is 2. The first-order valence-electron chi connectivity index (χ1n) is 10.7. The number of nitrogens with zero attached hydrogens (tertiary/aromatic N) is 3. The number of rotatable bonds is 6. The van der Waals surface area contributed by atoms with Gasteiger partial charge in [0.15, 0.2) is 0 Å². The molecule has 1 aliphatic heterocycles. The van der Waals surface area contributed by atoms with E-state index in [1.807, 2.05) is 31.2 Å². The highest BCUT2D eigenvalue weighted by Crippen LogP contribution is 2.24. The van der Waals surface area contributed by atoms with Gasteiger partial charge in [0.05, 0.1) is 12.3 Å². The number of carbonyl (C=O) groups excluding carboxylic acids is 1. The van der Waals surface area contributed by atoms with Gasteiger partial charge in [-0.25, -0.2) is 4.39 Å². The van der Waals surface area contributed by atoms with Gasteiger partial charge in [0.1, 0.15) is 17.4 Å². The van der Waals surface area contributed by atoms with Crippen molar-refractivity contribution in [1.82, 2.24) is 9.78 Å². The molecule has 1 aromatic heterocycles. The molecule has 1 fully saturated rings. The van der Waals surface area contributed by atoms with Crippen molar-refractivity contribution >= 4 is 17.4 Å². The monoisotopic (exact) mass is 436 g/mol. The lowest BCUT2D eigenvalue weighted by molar-refractivity contribution is -0.120. The highest BCUT2D eigenvalue weighted by Gasteiger charge is 2.26. The van der Waals surface area contributed by atoms with Crippen molar-refractivity contribution in [3.05, 3.63) is 76.8 Å². The zero-order chi connectivity index (χ0) is 22.5. The van der Waals surface area contributed by atoms with Gasteiger partial charge in [-0.1, -0.05) is 0 Å². The van der Waals surface area contributed by atoms with Crippen LogP contribution in [0.4, 0.5) is 15.9 Å². The first kappa shape index (κ1) is 21.5. The molecule has 4 rings (SSSR count). The minimum atomic E-state index is -0.372. The molecule has 0 aliphatic carbocycles. The van der Waals surface area contributed by atoms with Gasteiger partial charge in [-0.2, -0.15) is 4.68 Å². The highest BCUT2D eigenvalue weighted by atomic mass is 19.1. The Kier molecular flexibility index (Phi) is 6.49. The SMILES string of the molecule is CCOc1ccc(NC(=O)C2CCN(c3ccc(=O)n(-c4ccc(F)cc4)n3)CC2)cc1. The summed E-state index contributed by atoms with van der Waals surface area (Å²) in [4.78, 5) is 27.0. The van der Waals surface area contributed by atoms with E-state index in [1.165, 1.54) is 35.0 Å². The van der Waals surface area contributed by atoms with E-state index in [4.69, 9.17) is 4.74 Å². The third-order valence-electron chi connectivity index (χ3n) is 5.48. The summed E-state index contributed by atoms with van der Waals surface area (Å²) in [5.74, 6) is 0.954. The Morgan fingerprint density at radius 2 is 1.75 bits per heavy atom. The normalized spacial score (nSPS) is 14.2. The first-order valence-corrected chi connectivity index (χ1v) is 10.7. The van der Waals surface area contributed by atoms with Gasteiger partial charge in [0.25, 0.3) is 5.56 Å². The Bertz CT molecular complexity index is 1120. The molecule has 8 heteroatoms. The molecular weight excluding hydrogens is 411 g/mol. The van der Waals surface area contributed by atoms with Crippen LogP contribution in [0.3, 0.4) is 0 Å². The second-order valence-corrected chi connectivity index (χ2v) is 7.63. The van der Waals surface area contributed by atoms with Crippen LogP contribution in [0.5, 0.6) is 5.75 Å². The number of ether oxygens (including phenoxy) is 1. The number of anilines is 2. The van der Waals surface area contributed by atoms with Crippen LogP contribution in [0.2, 0.25) is 0 Å². The summed E-state index contributed by atoms with van der Waals surface area (Å²) >= 11 is 0. The molecule has 0 spiro atoms. The lowest BCUT2D eigenvalue weighted by Crippen LogP contribution is -2.39. The maximum atomic E-state index is 13.2. The Hall–Kier alpha value is -3.68. The van der Waals surface area contributed by atoms with Gasteiger partial charge in [-0.15, -0.1) is 5.10 Å². The number of nitrogens with one attached hydrogen (secondary N) is 1. The predicted molar refractivity (Wildman–Crippen MR) is 121 cm³/mol. The van der Waals surface area contributed by atoms with Crippen LogP contribution in [-0.4, -0.2) is 35.4 Å². The van der Waals surface area contributed by atoms with E-state index in [1.54, 1.807) is 6.07 Å². The van der Waals surface area contributed by atoms with E-state index in [2.05, 4.69) is 15.3 Å². The molecule has 0 radical (unpaired) electrons. The van der Waals surface area contributed by atoms with Crippen molar-refractivity contribution in [2.24, 2.45) is 5.92 Å². The van der Waals surface area contributed by atoms with Crippen molar-refractivity contribution in [3.63, 3.8) is 0 Å². The highest BCUT2D eigenvalue weighted by molar-refractivity contribution is 5.92. The van der Waals surface area contributed by atoms with Crippen LogP contribution in [0.15, 0.2) is 65.5 Å². The molecule has 0 bridgehead atoms. The van der Waals surface area contributed by atoms with Gasteiger partial charge in [-0.05, 0) is 74.4 Å². The fourth-order valence-corrected chi connectivity index (χ4v) is 3.75. The number of carbonyl (C=O) groups is 1. The second kappa shape index (κ2) is 9.64. The van der Waals surface area contributed by atoms with Crippen molar-refractivity contribution in [3.8, 4) is 11.4 Å². The summed E-state index contributed by atoms with van der Waals surface area (Å²) in [6, 6.07) is 16.1. The molecule has 2 heterocycles. The number of aromatic nitrogens is 2. The zero-order valence-electron chi connectivity index (χ0n) is 17.8. The van der Waals surface area contributed by atoms with Gasteiger partial charge in [0, 0.05) is 30.8 Å². The Morgan fingerprint density at radius 3 is 2.41 bits per heavy atom. The lowest BCUT2D eigenvalue weighted by atomic mass is 9.96. The van der Waals surface area contributed by atoms with Crippen LogP contribution in [-0.2, 0) is 4.79 Å². The van der Waals surface area contributed by atoms with Crippen molar-refractivity contribution < 1.29 is 13.9 Å². The quantitative estimate of drug-likeness (QED) is 0.639. The van der Waals surface area contributed by atoms with Crippen molar-refractivity contribution in [2.45, 2.75) is 19.8 Å². The largest absolute Gasteiger partial charge is 0.494 e. The van der Waals surface area contributed by atoms with Crippen LogP contribution in [0, 0.1) is 11.7 Å². The minimum Gasteiger partial charge on any atom is -0.494 e.